The van der Waals surface area contributed by atoms with E-state index in [4.69, 9.17) is 9.47 Å². The Morgan fingerprint density at radius 1 is 0.938 bits per heavy atom. The molecule has 1 heterocycles. The second kappa shape index (κ2) is 9.23. The van der Waals surface area contributed by atoms with Gasteiger partial charge in [-0.25, -0.2) is 4.79 Å². The van der Waals surface area contributed by atoms with E-state index >= 15 is 0 Å². The van der Waals surface area contributed by atoms with Gasteiger partial charge in [0.25, 0.3) is 10.0 Å². The van der Waals surface area contributed by atoms with Gasteiger partial charge >= 0.3 is 5.97 Å². The maximum atomic E-state index is 12.5. The van der Waals surface area contributed by atoms with E-state index in [1.165, 1.54) is 0 Å². The van der Waals surface area contributed by atoms with Gasteiger partial charge in [-0.15, -0.1) is 4.40 Å². The van der Waals surface area contributed by atoms with Crippen LogP contribution in [0.2, 0.25) is 0 Å². The first-order valence-corrected chi connectivity index (χ1v) is 11.5. The number of benzene rings is 3. The molecule has 3 aromatic rings. The van der Waals surface area contributed by atoms with Crippen molar-refractivity contribution in [2.24, 2.45) is 4.40 Å². The lowest BCUT2D eigenvalue weighted by molar-refractivity contribution is 0.0503. The highest BCUT2D eigenvalue weighted by Crippen LogP contribution is 2.30. The summed E-state index contributed by atoms with van der Waals surface area (Å²) in [6, 6.07) is 22.9. The predicted molar refractivity (Wildman–Crippen MR) is 122 cm³/mol. The number of hydrogen-bond acceptors (Lipinski definition) is 6. The van der Waals surface area contributed by atoms with E-state index in [-0.39, 0.29) is 11.5 Å². The zero-order valence-corrected chi connectivity index (χ0v) is 18.3. The highest BCUT2D eigenvalue weighted by Gasteiger charge is 2.32. The molecule has 1 aliphatic heterocycles. The summed E-state index contributed by atoms with van der Waals surface area (Å²) in [4.78, 5) is 14.3. The van der Waals surface area contributed by atoms with Crippen LogP contribution in [0.3, 0.4) is 0 Å². The molecular formula is C24H22N2O5S. The third-order valence-corrected chi connectivity index (χ3v) is 6.35. The number of hydrogen-bond donors (Lipinski definition) is 0. The van der Waals surface area contributed by atoms with Gasteiger partial charge in [0.15, 0.2) is 5.84 Å². The molecule has 164 valence electrons. The molecule has 0 fully saturated rings. The quantitative estimate of drug-likeness (QED) is 0.401. The van der Waals surface area contributed by atoms with Crippen molar-refractivity contribution in [3.8, 4) is 5.75 Å². The molecule has 0 atom stereocenters. The smallest absolute Gasteiger partial charge is 0.338 e. The fraction of sp³-hybridized carbons (Fsp3) is 0.167. The highest BCUT2D eigenvalue weighted by molar-refractivity contribution is 7.90. The summed E-state index contributed by atoms with van der Waals surface area (Å²) in [5.41, 5.74) is 1.80. The molecule has 32 heavy (non-hydrogen) atoms. The molecule has 8 heteroatoms. The van der Waals surface area contributed by atoms with Gasteiger partial charge in [0.1, 0.15) is 10.6 Å². The van der Waals surface area contributed by atoms with Crippen LogP contribution in [0.4, 0.5) is 5.69 Å². The fourth-order valence-corrected chi connectivity index (χ4v) is 4.66. The van der Waals surface area contributed by atoms with Gasteiger partial charge < -0.3 is 14.4 Å². The lowest BCUT2D eigenvalue weighted by Crippen LogP contribution is -2.32. The maximum absolute atomic E-state index is 12.5. The topological polar surface area (TPSA) is 85.3 Å². The highest BCUT2D eigenvalue weighted by atomic mass is 32.2. The van der Waals surface area contributed by atoms with Crippen LogP contribution in [0.15, 0.2) is 88.2 Å². The first-order valence-electron chi connectivity index (χ1n) is 10.1. The average molecular weight is 451 g/mol. The second-order valence-electron chi connectivity index (χ2n) is 7.09. The molecule has 0 amide bonds. The van der Waals surface area contributed by atoms with Gasteiger partial charge in [-0.2, -0.15) is 8.42 Å². The Hall–Kier alpha value is -3.65. The zero-order valence-electron chi connectivity index (χ0n) is 17.5. The van der Waals surface area contributed by atoms with Gasteiger partial charge in [0, 0.05) is 17.8 Å². The summed E-state index contributed by atoms with van der Waals surface area (Å²) in [6.45, 7) is 0.596. The number of para-hydroxylation sites is 1. The van der Waals surface area contributed by atoms with Crippen LogP contribution in [-0.4, -0.2) is 40.5 Å². The third kappa shape index (κ3) is 4.50. The number of carbonyl (C=O) groups is 1. The van der Waals surface area contributed by atoms with Crippen molar-refractivity contribution in [2.75, 3.05) is 25.2 Å². The Morgan fingerprint density at radius 2 is 1.62 bits per heavy atom. The normalized spacial score (nSPS) is 13.7. The lowest BCUT2D eigenvalue weighted by Gasteiger charge is -2.24. The minimum absolute atomic E-state index is 0.176. The Balaban J connectivity index is 1.48. The van der Waals surface area contributed by atoms with Gasteiger partial charge in [-0.05, 0) is 55.0 Å². The summed E-state index contributed by atoms with van der Waals surface area (Å²) >= 11 is 0. The Kier molecular flexibility index (Phi) is 6.23. The van der Waals surface area contributed by atoms with Crippen LogP contribution in [0.1, 0.15) is 22.3 Å². The van der Waals surface area contributed by atoms with Gasteiger partial charge in [-0.1, -0.05) is 30.3 Å². The largest absolute Gasteiger partial charge is 0.497 e. The fourth-order valence-electron chi connectivity index (χ4n) is 3.45. The number of nitrogens with zero attached hydrogens (tertiary/aromatic N) is 2. The second-order valence-corrected chi connectivity index (χ2v) is 8.66. The molecule has 0 saturated heterocycles. The van der Waals surface area contributed by atoms with Gasteiger partial charge in [-0.3, -0.25) is 0 Å². The van der Waals surface area contributed by atoms with Crippen molar-refractivity contribution in [3.63, 3.8) is 0 Å². The predicted octanol–water partition coefficient (Wildman–Crippen LogP) is 3.90. The van der Waals surface area contributed by atoms with Crippen molar-refractivity contribution < 1.29 is 22.7 Å². The van der Waals surface area contributed by atoms with Crippen LogP contribution in [-0.2, 0) is 14.8 Å². The van der Waals surface area contributed by atoms with Crippen molar-refractivity contribution in [1.82, 2.24) is 0 Å². The molecule has 0 aromatic heterocycles. The number of fused-ring (bicyclic) bond motifs is 1. The van der Waals surface area contributed by atoms with E-state index in [0.717, 1.165) is 5.69 Å². The third-order valence-electron chi connectivity index (χ3n) is 5.02. The van der Waals surface area contributed by atoms with Crippen LogP contribution in [0.5, 0.6) is 5.75 Å². The van der Waals surface area contributed by atoms with Crippen molar-refractivity contribution in [3.05, 3.63) is 90.0 Å². The summed E-state index contributed by atoms with van der Waals surface area (Å²) in [6.07, 6.45) is 0.484. The first-order chi connectivity index (χ1) is 15.5. The Bertz CT molecular complexity index is 1240. The molecule has 0 unspecified atom stereocenters. The number of carbonyl (C=O) groups excluding carboxylic acids is 1. The number of ether oxygens (including phenoxy) is 2. The number of sulfonamides is 1. The molecule has 1 aliphatic rings. The number of amidine groups is 1. The van der Waals surface area contributed by atoms with E-state index < -0.39 is 16.0 Å². The minimum atomic E-state index is -3.74. The average Bonchev–Trinajstić information content (AvgIpc) is 3.10. The number of anilines is 1. The first kappa shape index (κ1) is 21.6. The van der Waals surface area contributed by atoms with E-state index in [1.54, 1.807) is 55.6 Å². The molecule has 0 spiro atoms. The summed E-state index contributed by atoms with van der Waals surface area (Å²) < 4.78 is 39.6. The Labute approximate surface area is 187 Å². The molecular weight excluding hydrogens is 428 g/mol. The van der Waals surface area contributed by atoms with Crippen LogP contribution >= 0.6 is 0 Å². The van der Waals surface area contributed by atoms with Crippen LogP contribution < -0.4 is 9.64 Å². The molecule has 7 nitrogen and oxygen atoms in total. The molecule has 0 N–H and O–H groups in total. The van der Waals surface area contributed by atoms with Crippen molar-refractivity contribution >= 4 is 27.5 Å². The SMILES string of the molecule is COc1ccc(C(=O)OCCCN(C2=NS(=O)(=O)c3ccccc32)c2ccccc2)cc1. The van der Waals surface area contributed by atoms with E-state index in [9.17, 15) is 13.2 Å². The van der Waals surface area contributed by atoms with Gasteiger partial charge in [0.05, 0.1) is 19.3 Å². The Morgan fingerprint density at radius 3 is 2.34 bits per heavy atom. The van der Waals surface area contributed by atoms with Crippen molar-refractivity contribution in [1.29, 1.82) is 0 Å². The number of rotatable bonds is 7. The summed E-state index contributed by atoms with van der Waals surface area (Å²) in [5.74, 6) is 0.603. The molecule has 0 radical (unpaired) electrons. The molecule has 3 aromatic carbocycles. The van der Waals surface area contributed by atoms with E-state index in [0.29, 0.717) is 35.7 Å². The standard InChI is InChI=1S/C24H22N2O5S/c1-30-20-14-12-18(13-15-20)24(27)31-17-7-16-26(19-8-3-2-4-9-19)23-21-10-5-6-11-22(21)32(28,29)25-23/h2-6,8-15H,7,16-17H2,1H3. The van der Waals surface area contributed by atoms with Crippen LogP contribution in [0, 0.1) is 0 Å². The van der Waals surface area contributed by atoms with E-state index in [1.807, 2.05) is 35.2 Å². The number of methoxy groups -OCH3 is 1. The van der Waals surface area contributed by atoms with Gasteiger partial charge in [0.2, 0.25) is 0 Å². The monoisotopic (exact) mass is 450 g/mol. The lowest BCUT2D eigenvalue weighted by atomic mass is 10.1. The molecule has 0 saturated carbocycles. The van der Waals surface area contributed by atoms with Crippen LogP contribution in [0.25, 0.3) is 0 Å². The minimum Gasteiger partial charge on any atom is -0.497 e. The molecule has 0 aliphatic carbocycles. The zero-order chi connectivity index (χ0) is 22.6. The maximum Gasteiger partial charge on any atom is 0.338 e. The summed E-state index contributed by atoms with van der Waals surface area (Å²) in [7, 11) is -2.18. The molecule has 0 bridgehead atoms. The van der Waals surface area contributed by atoms with Crippen molar-refractivity contribution in [2.45, 2.75) is 11.3 Å². The molecule has 4 rings (SSSR count). The number of esters is 1. The van der Waals surface area contributed by atoms with E-state index in [2.05, 4.69) is 4.40 Å². The summed E-state index contributed by atoms with van der Waals surface area (Å²) in [5, 5.41) is 0.